The normalized spacial score (nSPS) is 21.4. The van der Waals surface area contributed by atoms with E-state index in [1.165, 1.54) is 0 Å². The van der Waals surface area contributed by atoms with Crippen LogP contribution in [0.25, 0.3) is 5.69 Å². The molecule has 0 bridgehead atoms. The number of likely N-dealkylation sites (tertiary alicyclic amines) is 1. The summed E-state index contributed by atoms with van der Waals surface area (Å²) in [5.41, 5.74) is 2.00. The maximum absolute atomic E-state index is 12.8. The lowest BCUT2D eigenvalue weighted by atomic mass is 9.94. The monoisotopic (exact) mass is 373 g/mol. The van der Waals surface area contributed by atoms with Gasteiger partial charge in [0.05, 0.1) is 28.8 Å². The largest absolute Gasteiger partial charge is 0.368 e. The number of piperidine rings is 1. The van der Waals surface area contributed by atoms with Gasteiger partial charge in [-0.05, 0) is 38.7 Å². The molecular formula is C19H24ClN5O. The van der Waals surface area contributed by atoms with Crippen molar-refractivity contribution in [2.75, 3.05) is 24.5 Å². The Labute approximate surface area is 158 Å². The molecule has 1 unspecified atom stereocenters. The third kappa shape index (κ3) is 3.30. The molecule has 4 heterocycles. The molecule has 6 nitrogen and oxygen atoms in total. The molecule has 7 heteroatoms. The van der Waals surface area contributed by atoms with Gasteiger partial charge in [-0.2, -0.15) is 5.10 Å². The van der Waals surface area contributed by atoms with Crippen molar-refractivity contribution >= 4 is 23.2 Å². The van der Waals surface area contributed by atoms with Gasteiger partial charge in [-0.3, -0.25) is 9.78 Å². The van der Waals surface area contributed by atoms with Crippen LogP contribution in [-0.2, 0) is 4.79 Å². The van der Waals surface area contributed by atoms with Crippen molar-refractivity contribution in [3.8, 4) is 5.69 Å². The van der Waals surface area contributed by atoms with E-state index in [-0.39, 0.29) is 5.92 Å². The van der Waals surface area contributed by atoms with Crippen LogP contribution >= 0.6 is 11.6 Å². The Morgan fingerprint density at radius 2 is 1.96 bits per heavy atom. The quantitative estimate of drug-likeness (QED) is 0.829. The summed E-state index contributed by atoms with van der Waals surface area (Å²) >= 11 is 6.02. The van der Waals surface area contributed by atoms with Crippen LogP contribution in [0.3, 0.4) is 0 Å². The predicted molar refractivity (Wildman–Crippen MR) is 102 cm³/mol. The molecule has 2 aromatic rings. The molecule has 1 atom stereocenters. The Bertz CT molecular complexity index is 784. The van der Waals surface area contributed by atoms with E-state index >= 15 is 0 Å². The second-order valence-electron chi connectivity index (χ2n) is 7.25. The van der Waals surface area contributed by atoms with E-state index in [4.69, 9.17) is 11.6 Å². The van der Waals surface area contributed by atoms with Crippen molar-refractivity contribution in [3.05, 3.63) is 35.9 Å². The molecule has 2 aliphatic rings. The summed E-state index contributed by atoms with van der Waals surface area (Å²) in [4.78, 5) is 21.5. The molecule has 0 saturated carbocycles. The Balaban J connectivity index is 1.46. The number of rotatable bonds is 3. The van der Waals surface area contributed by atoms with Crippen molar-refractivity contribution in [2.24, 2.45) is 5.92 Å². The first-order chi connectivity index (χ1) is 12.6. The third-order valence-corrected chi connectivity index (χ3v) is 5.79. The molecular weight excluding hydrogens is 350 g/mol. The lowest BCUT2D eigenvalue weighted by Gasteiger charge is -2.36. The number of carbonyl (C=O) groups is 1. The van der Waals surface area contributed by atoms with Gasteiger partial charge in [0.15, 0.2) is 0 Å². The highest BCUT2D eigenvalue weighted by Crippen LogP contribution is 2.30. The zero-order valence-corrected chi connectivity index (χ0v) is 15.8. The fourth-order valence-electron chi connectivity index (χ4n) is 4.11. The number of carbonyl (C=O) groups excluding carboxylic acids is 1. The Morgan fingerprint density at radius 1 is 1.15 bits per heavy atom. The minimum absolute atomic E-state index is 0.145. The SMILES string of the molecule is CC1CCCN1C(=O)C1CCN(c2cnccc2-n2cc(Cl)cn2)CC1. The predicted octanol–water partition coefficient (Wildman–Crippen LogP) is 3.15. The van der Waals surface area contributed by atoms with Gasteiger partial charge in [0.1, 0.15) is 0 Å². The van der Waals surface area contributed by atoms with E-state index in [2.05, 4.69) is 26.8 Å². The number of nitrogens with zero attached hydrogens (tertiary/aromatic N) is 5. The van der Waals surface area contributed by atoms with E-state index in [0.29, 0.717) is 17.0 Å². The number of hydrogen-bond acceptors (Lipinski definition) is 4. The van der Waals surface area contributed by atoms with Crippen molar-refractivity contribution in [2.45, 2.75) is 38.6 Å². The van der Waals surface area contributed by atoms with E-state index in [9.17, 15) is 4.79 Å². The van der Waals surface area contributed by atoms with Gasteiger partial charge in [-0.25, -0.2) is 4.68 Å². The lowest BCUT2D eigenvalue weighted by Crippen LogP contribution is -2.44. The first-order valence-electron chi connectivity index (χ1n) is 9.33. The van der Waals surface area contributed by atoms with Crippen LogP contribution in [0.5, 0.6) is 0 Å². The van der Waals surface area contributed by atoms with E-state index in [1.54, 1.807) is 23.3 Å². The second-order valence-corrected chi connectivity index (χ2v) is 7.69. The Hall–Kier alpha value is -2.08. The zero-order chi connectivity index (χ0) is 18.1. The molecule has 138 valence electrons. The molecule has 0 aliphatic carbocycles. The summed E-state index contributed by atoms with van der Waals surface area (Å²) in [6.45, 7) is 4.79. The smallest absolute Gasteiger partial charge is 0.226 e. The summed E-state index contributed by atoms with van der Waals surface area (Å²) < 4.78 is 1.78. The molecule has 1 amide bonds. The molecule has 4 rings (SSSR count). The van der Waals surface area contributed by atoms with Crippen LogP contribution in [0.2, 0.25) is 5.02 Å². The van der Waals surface area contributed by atoms with Gasteiger partial charge in [0.2, 0.25) is 5.91 Å². The molecule has 26 heavy (non-hydrogen) atoms. The fourth-order valence-corrected chi connectivity index (χ4v) is 4.25. The minimum Gasteiger partial charge on any atom is -0.368 e. The Kier molecular flexibility index (Phi) is 4.85. The van der Waals surface area contributed by atoms with E-state index in [0.717, 1.165) is 56.7 Å². The van der Waals surface area contributed by atoms with Crippen LogP contribution in [0, 0.1) is 5.92 Å². The number of anilines is 1. The molecule has 0 N–H and O–H groups in total. The van der Waals surface area contributed by atoms with E-state index in [1.807, 2.05) is 12.3 Å². The molecule has 0 aromatic carbocycles. The van der Waals surface area contributed by atoms with Gasteiger partial charge in [0, 0.05) is 44.0 Å². The van der Waals surface area contributed by atoms with Gasteiger partial charge in [-0.15, -0.1) is 0 Å². The zero-order valence-electron chi connectivity index (χ0n) is 15.0. The number of hydrogen-bond donors (Lipinski definition) is 0. The maximum Gasteiger partial charge on any atom is 0.226 e. The topological polar surface area (TPSA) is 54.3 Å². The highest BCUT2D eigenvalue weighted by molar-refractivity contribution is 6.30. The van der Waals surface area contributed by atoms with Crippen LogP contribution in [0.15, 0.2) is 30.9 Å². The lowest BCUT2D eigenvalue weighted by molar-refractivity contribution is -0.136. The maximum atomic E-state index is 12.8. The average Bonchev–Trinajstić information content (AvgIpc) is 3.29. The molecule has 0 spiro atoms. The fraction of sp³-hybridized carbons (Fsp3) is 0.526. The number of amides is 1. The minimum atomic E-state index is 0.145. The summed E-state index contributed by atoms with van der Waals surface area (Å²) in [6, 6.07) is 2.34. The molecule has 2 aromatic heterocycles. The van der Waals surface area contributed by atoms with Crippen LogP contribution < -0.4 is 4.90 Å². The van der Waals surface area contributed by atoms with Gasteiger partial charge in [0.25, 0.3) is 0 Å². The van der Waals surface area contributed by atoms with Gasteiger partial charge in [-0.1, -0.05) is 11.6 Å². The number of pyridine rings is 1. The molecule has 2 saturated heterocycles. The van der Waals surface area contributed by atoms with Crippen molar-refractivity contribution in [1.29, 1.82) is 0 Å². The van der Waals surface area contributed by atoms with E-state index < -0.39 is 0 Å². The average molecular weight is 374 g/mol. The number of halogens is 1. The number of aromatic nitrogens is 3. The Morgan fingerprint density at radius 3 is 2.62 bits per heavy atom. The summed E-state index contributed by atoms with van der Waals surface area (Å²) in [7, 11) is 0. The third-order valence-electron chi connectivity index (χ3n) is 5.60. The summed E-state index contributed by atoms with van der Waals surface area (Å²) in [6.07, 6.45) is 11.1. The molecule has 2 aliphatic heterocycles. The highest BCUT2D eigenvalue weighted by Gasteiger charge is 2.33. The van der Waals surface area contributed by atoms with Crippen molar-refractivity contribution in [3.63, 3.8) is 0 Å². The van der Waals surface area contributed by atoms with Crippen LogP contribution in [0.1, 0.15) is 32.6 Å². The standard InChI is InChI=1S/C19H24ClN5O/c1-14-3-2-8-24(14)19(26)15-5-9-23(10-6-15)18-12-21-7-4-17(18)25-13-16(20)11-22-25/h4,7,11-15H,2-3,5-6,8-10H2,1H3. The van der Waals surface area contributed by atoms with Crippen molar-refractivity contribution < 1.29 is 4.79 Å². The second kappa shape index (κ2) is 7.27. The highest BCUT2D eigenvalue weighted by atomic mass is 35.5. The summed E-state index contributed by atoms with van der Waals surface area (Å²) in [5.74, 6) is 0.492. The molecule has 2 fully saturated rings. The molecule has 0 radical (unpaired) electrons. The van der Waals surface area contributed by atoms with Gasteiger partial charge < -0.3 is 9.80 Å². The summed E-state index contributed by atoms with van der Waals surface area (Å²) in [5, 5.41) is 4.92. The van der Waals surface area contributed by atoms with Crippen molar-refractivity contribution in [1.82, 2.24) is 19.7 Å². The van der Waals surface area contributed by atoms with Crippen LogP contribution in [-0.4, -0.2) is 51.2 Å². The van der Waals surface area contributed by atoms with Gasteiger partial charge >= 0.3 is 0 Å². The first-order valence-corrected chi connectivity index (χ1v) is 9.71. The van der Waals surface area contributed by atoms with Crippen LogP contribution in [0.4, 0.5) is 5.69 Å². The first kappa shape index (κ1) is 17.3.